The molecule has 0 radical (unpaired) electrons. The normalized spacial score (nSPS) is 12.8. The molecule has 0 spiro atoms. The van der Waals surface area contributed by atoms with Gasteiger partial charge in [-0.15, -0.1) is 0 Å². The van der Waals surface area contributed by atoms with Crippen molar-refractivity contribution in [3.8, 4) is 0 Å². The molecule has 0 aliphatic carbocycles. The summed E-state index contributed by atoms with van der Waals surface area (Å²) in [7, 11) is -1.90. The summed E-state index contributed by atoms with van der Waals surface area (Å²) in [5, 5.41) is 0.0999. The van der Waals surface area contributed by atoms with Crippen molar-refractivity contribution in [3.63, 3.8) is 0 Å². The van der Waals surface area contributed by atoms with Gasteiger partial charge in [-0.25, -0.2) is 14.3 Å². The van der Waals surface area contributed by atoms with Gasteiger partial charge in [0.05, 0.1) is 18.7 Å². The second kappa shape index (κ2) is 9.22. The molecule has 0 aliphatic heterocycles. The van der Waals surface area contributed by atoms with E-state index in [2.05, 4.69) is 38.8 Å². The first-order chi connectivity index (χ1) is 12.7. The summed E-state index contributed by atoms with van der Waals surface area (Å²) in [5.74, 6) is 0.114. The van der Waals surface area contributed by atoms with E-state index in [1.165, 1.54) is 10.8 Å². The molecule has 1 heterocycles. The number of aromatic nitrogens is 2. The van der Waals surface area contributed by atoms with Crippen molar-refractivity contribution in [1.82, 2.24) is 9.55 Å². The highest BCUT2D eigenvalue weighted by Crippen LogP contribution is 2.36. The minimum Gasteiger partial charge on any atom is -0.466 e. The quantitative estimate of drug-likeness (QED) is 0.490. The van der Waals surface area contributed by atoms with Gasteiger partial charge in [0.1, 0.15) is 11.4 Å². The lowest BCUT2D eigenvalue weighted by atomic mass is 10.2. The number of nitrogens with zero attached hydrogens (tertiary/aromatic N) is 2. The maximum atomic E-state index is 12.7. The summed E-state index contributed by atoms with van der Waals surface area (Å²) < 4.78 is 18.1. The van der Waals surface area contributed by atoms with Gasteiger partial charge in [-0.2, -0.15) is 0 Å². The Hall–Kier alpha value is -1.67. The SMILES string of the molecule is CCOC(=O)Cc1cnc(CCO[Si](C)(C)C(C)(C)C)n1C(=O)OC(C)(C)C. The molecule has 1 aromatic rings. The van der Waals surface area contributed by atoms with E-state index in [-0.39, 0.29) is 18.1 Å². The number of carbonyl (C=O) groups excluding carboxylic acids is 2. The van der Waals surface area contributed by atoms with Crippen molar-refractivity contribution in [3.05, 3.63) is 17.7 Å². The molecule has 0 aromatic carbocycles. The van der Waals surface area contributed by atoms with Crippen LogP contribution in [0.5, 0.6) is 0 Å². The van der Waals surface area contributed by atoms with Crippen LogP contribution in [0, 0.1) is 0 Å². The van der Waals surface area contributed by atoms with Crippen molar-refractivity contribution in [2.24, 2.45) is 0 Å². The van der Waals surface area contributed by atoms with Crippen LogP contribution in [0.3, 0.4) is 0 Å². The summed E-state index contributed by atoms with van der Waals surface area (Å²) in [6.07, 6.45) is 1.40. The molecule has 0 saturated carbocycles. The molecule has 0 N–H and O–H groups in total. The van der Waals surface area contributed by atoms with Gasteiger partial charge in [-0.1, -0.05) is 20.8 Å². The number of hydrogen-bond donors (Lipinski definition) is 0. The van der Waals surface area contributed by atoms with Gasteiger partial charge in [0.15, 0.2) is 8.32 Å². The minimum absolute atomic E-state index is 0.0385. The average molecular weight is 413 g/mol. The molecule has 0 fully saturated rings. The Balaban J connectivity index is 3.02. The summed E-state index contributed by atoms with van der Waals surface area (Å²) in [6, 6.07) is 0. The number of hydrogen-bond acceptors (Lipinski definition) is 6. The summed E-state index contributed by atoms with van der Waals surface area (Å²) in [4.78, 5) is 29.0. The largest absolute Gasteiger partial charge is 0.466 e. The lowest BCUT2D eigenvalue weighted by Gasteiger charge is -2.36. The molecular weight excluding hydrogens is 376 g/mol. The highest BCUT2D eigenvalue weighted by atomic mass is 28.4. The maximum Gasteiger partial charge on any atom is 0.420 e. The molecule has 0 unspecified atom stereocenters. The number of ether oxygens (including phenoxy) is 2. The first-order valence-corrected chi connectivity index (χ1v) is 12.7. The van der Waals surface area contributed by atoms with E-state index in [0.29, 0.717) is 24.5 Å². The van der Waals surface area contributed by atoms with Gasteiger partial charge in [-0.05, 0) is 45.8 Å². The smallest absolute Gasteiger partial charge is 0.420 e. The van der Waals surface area contributed by atoms with E-state index < -0.39 is 26.0 Å². The molecule has 0 saturated heterocycles. The van der Waals surface area contributed by atoms with Crippen LogP contribution < -0.4 is 0 Å². The monoisotopic (exact) mass is 412 g/mol. The summed E-state index contributed by atoms with van der Waals surface area (Å²) in [6.45, 7) is 18.8. The van der Waals surface area contributed by atoms with E-state index in [1.807, 2.05) is 0 Å². The van der Waals surface area contributed by atoms with Gasteiger partial charge >= 0.3 is 12.1 Å². The first kappa shape index (κ1) is 24.4. The van der Waals surface area contributed by atoms with E-state index in [1.54, 1.807) is 27.7 Å². The molecule has 0 atom stereocenters. The Morgan fingerprint density at radius 2 is 1.75 bits per heavy atom. The second-order valence-corrected chi connectivity index (χ2v) is 14.1. The molecular formula is C20H36N2O5Si. The third-order valence-electron chi connectivity index (χ3n) is 4.71. The van der Waals surface area contributed by atoms with Crippen LogP contribution in [-0.4, -0.2) is 48.7 Å². The topological polar surface area (TPSA) is 79.7 Å². The molecule has 7 nitrogen and oxygen atoms in total. The standard InChI is InChI=1S/C20H36N2O5Si/c1-10-25-17(23)13-15-14-21-16(22(15)18(24)27-19(2,3)4)11-12-26-28(8,9)20(5,6)7/h14H,10-13H2,1-9H3. The zero-order valence-electron chi connectivity index (χ0n) is 18.8. The van der Waals surface area contributed by atoms with E-state index in [4.69, 9.17) is 13.9 Å². The van der Waals surface area contributed by atoms with Crippen molar-refractivity contribution >= 4 is 20.4 Å². The Kier molecular flexibility index (Phi) is 8.02. The zero-order valence-corrected chi connectivity index (χ0v) is 19.8. The Morgan fingerprint density at radius 3 is 2.25 bits per heavy atom. The second-order valence-electron chi connectivity index (χ2n) is 9.32. The molecule has 8 heteroatoms. The van der Waals surface area contributed by atoms with Crippen LogP contribution in [0.15, 0.2) is 6.20 Å². The minimum atomic E-state index is -1.90. The number of imidazole rings is 1. The highest BCUT2D eigenvalue weighted by molar-refractivity contribution is 6.74. The highest BCUT2D eigenvalue weighted by Gasteiger charge is 2.37. The van der Waals surface area contributed by atoms with Crippen LogP contribution in [0.1, 0.15) is 60.0 Å². The van der Waals surface area contributed by atoms with E-state index >= 15 is 0 Å². The maximum absolute atomic E-state index is 12.7. The summed E-state index contributed by atoms with van der Waals surface area (Å²) in [5.41, 5.74) is -0.202. The van der Waals surface area contributed by atoms with Crippen LogP contribution >= 0.6 is 0 Å². The molecule has 0 bridgehead atoms. The summed E-state index contributed by atoms with van der Waals surface area (Å²) >= 11 is 0. The van der Waals surface area contributed by atoms with Crippen molar-refractivity contribution < 1.29 is 23.5 Å². The van der Waals surface area contributed by atoms with Gasteiger partial charge in [0, 0.05) is 19.2 Å². The fourth-order valence-electron chi connectivity index (χ4n) is 2.24. The van der Waals surface area contributed by atoms with Crippen LogP contribution in [0.4, 0.5) is 4.79 Å². The first-order valence-electron chi connectivity index (χ1n) is 9.76. The van der Waals surface area contributed by atoms with Crippen LogP contribution in [-0.2, 0) is 31.5 Å². The molecule has 160 valence electrons. The van der Waals surface area contributed by atoms with Gasteiger partial charge in [-0.3, -0.25) is 4.79 Å². The third kappa shape index (κ3) is 7.05. The molecule has 1 aromatic heterocycles. The van der Waals surface area contributed by atoms with Crippen LogP contribution in [0.25, 0.3) is 0 Å². The fourth-order valence-corrected chi connectivity index (χ4v) is 3.28. The lowest BCUT2D eigenvalue weighted by molar-refractivity contribution is -0.142. The fraction of sp³-hybridized carbons (Fsp3) is 0.750. The number of rotatable bonds is 7. The van der Waals surface area contributed by atoms with E-state index in [9.17, 15) is 9.59 Å². The van der Waals surface area contributed by atoms with Crippen molar-refractivity contribution in [2.75, 3.05) is 13.2 Å². The van der Waals surface area contributed by atoms with Gasteiger partial charge in [0.2, 0.25) is 0 Å². The Bertz CT molecular complexity index is 684. The lowest BCUT2D eigenvalue weighted by Crippen LogP contribution is -2.41. The van der Waals surface area contributed by atoms with E-state index in [0.717, 1.165) is 0 Å². The van der Waals surface area contributed by atoms with Crippen molar-refractivity contribution in [1.29, 1.82) is 0 Å². The Labute approximate surface area is 169 Å². The average Bonchev–Trinajstić information content (AvgIpc) is 2.87. The van der Waals surface area contributed by atoms with Gasteiger partial charge < -0.3 is 13.9 Å². The molecule has 0 amide bonds. The molecule has 1 rings (SSSR count). The van der Waals surface area contributed by atoms with Crippen molar-refractivity contribution in [2.45, 2.75) is 85.0 Å². The number of carbonyl (C=O) groups is 2. The molecule has 0 aliphatic rings. The molecule has 28 heavy (non-hydrogen) atoms. The third-order valence-corrected chi connectivity index (χ3v) is 9.25. The predicted octanol–water partition coefficient (Wildman–Crippen LogP) is 4.34. The number of esters is 1. The predicted molar refractivity (Wildman–Crippen MR) is 111 cm³/mol. The van der Waals surface area contributed by atoms with Crippen LogP contribution in [0.2, 0.25) is 18.1 Å². The Morgan fingerprint density at radius 1 is 1.14 bits per heavy atom. The van der Waals surface area contributed by atoms with Gasteiger partial charge in [0.25, 0.3) is 0 Å². The zero-order chi connectivity index (χ0) is 21.8.